The highest BCUT2D eigenvalue weighted by molar-refractivity contribution is 7.18. The molecule has 0 bridgehead atoms. The molecule has 0 saturated carbocycles. The summed E-state index contributed by atoms with van der Waals surface area (Å²) in [5.41, 5.74) is 1.55. The number of carbonyl (C=O) groups is 2. The van der Waals surface area contributed by atoms with Gasteiger partial charge in [-0.25, -0.2) is 4.79 Å². The molecule has 1 aliphatic heterocycles. The van der Waals surface area contributed by atoms with E-state index in [0.29, 0.717) is 23.7 Å². The molecule has 1 aliphatic rings. The highest BCUT2D eigenvalue weighted by Gasteiger charge is 2.21. The Morgan fingerprint density at radius 3 is 2.58 bits per heavy atom. The largest absolute Gasteiger partial charge is 0.462 e. The molecule has 1 saturated heterocycles. The molecule has 1 aromatic carbocycles. The second kappa shape index (κ2) is 8.96. The molecule has 138 valence electrons. The van der Waals surface area contributed by atoms with E-state index in [0.717, 1.165) is 36.4 Å². The number of thiophene rings is 1. The molecule has 0 unspecified atom stereocenters. The van der Waals surface area contributed by atoms with Crippen LogP contribution < -0.4 is 5.32 Å². The van der Waals surface area contributed by atoms with Crippen LogP contribution in [0.5, 0.6) is 0 Å². The number of nitrogens with one attached hydrogen (secondary N) is 1. The van der Waals surface area contributed by atoms with Crippen molar-refractivity contribution in [3.63, 3.8) is 0 Å². The molecule has 0 aliphatic carbocycles. The van der Waals surface area contributed by atoms with Crippen LogP contribution in [0.3, 0.4) is 0 Å². The quantitative estimate of drug-likeness (QED) is 0.778. The Bertz CT molecular complexity index is 752. The summed E-state index contributed by atoms with van der Waals surface area (Å²) in [7, 11) is 0. The zero-order chi connectivity index (χ0) is 18.4. The van der Waals surface area contributed by atoms with Crippen molar-refractivity contribution < 1.29 is 14.3 Å². The number of anilines is 1. The first-order valence-electron chi connectivity index (χ1n) is 9.06. The first kappa shape index (κ1) is 18.6. The molecule has 2 heterocycles. The number of piperidine rings is 1. The van der Waals surface area contributed by atoms with Crippen molar-refractivity contribution >= 4 is 28.9 Å². The smallest absolute Gasteiger partial charge is 0.350 e. The van der Waals surface area contributed by atoms with Gasteiger partial charge in [-0.2, -0.15) is 0 Å². The van der Waals surface area contributed by atoms with Crippen LogP contribution in [0.2, 0.25) is 0 Å². The van der Waals surface area contributed by atoms with Gasteiger partial charge in [0.2, 0.25) is 5.91 Å². The average molecular weight is 372 g/mol. The van der Waals surface area contributed by atoms with Crippen LogP contribution in [-0.4, -0.2) is 43.0 Å². The molecule has 0 spiro atoms. The van der Waals surface area contributed by atoms with E-state index in [1.54, 1.807) is 6.92 Å². The fraction of sp³-hybridized carbons (Fsp3) is 0.400. The predicted molar refractivity (Wildman–Crippen MR) is 105 cm³/mol. The van der Waals surface area contributed by atoms with Crippen LogP contribution in [-0.2, 0) is 9.53 Å². The zero-order valence-electron chi connectivity index (χ0n) is 15.0. The summed E-state index contributed by atoms with van der Waals surface area (Å²) in [5.74, 6) is -0.484. The molecule has 0 radical (unpaired) electrons. The normalized spacial score (nSPS) is 14.8. The minimum atomic E-state index is -0.395. The van der Waals surface area contributed by atoms with E-state index in [1.807, 2.05) is 36.4 Å². The van der Waals surface area contributed by atoms with Crippen LogP contribution in [0, 0.1) is 0 Å². The van der Waals surface area contributed by atoms with Gasteiger partial charge in [0.15, 0.2) is 0 Å². The Balaban J connectivity index is 1.78. The lowest BCUT2D eigenvalue weighted by Gasteiger charge is -2.25. The maximum absolute atomic E-state index is 12.5. The van der Waals surface area contributed by atoms with E-state index in [2.05, 4.69) is 10.2 Å². The third kappa shape index (κ3) is 4.71. The van der Waals surface area contributed by atoms with Crippen molar-refractivity contribution in [2.45, 2.75) is 26.2 Å². The Hall–Kier alpha value is -2.18. The van der Waals surface area contributed by atoms with Gasteiger partial charge in [-0.3, -0.25) is 9.69 Å². The summed E-state index contributed by atoms with van der Waals surface area (Å²) >= 11 is 1.35. The molecule has 1 amide bonds. The molecule has 3 rings (SSSR count). The highest BCUT2D eigenvalue weighted by Crippen LogP contribution is 2.35. The van der Waals surface area contributed by atoms with Crippen molar-refractivity contribution in [1.82, 2.24) is 4.90 Å². The average Bonchev–Trinajstić information content (AvgIpc) is 3.07. The number of nitrogens with zero attached hydrogens (tertiary/aromatic N) is 1. The van der Waals surface area contributed by atoms with Crippen molar-refractivity contribution in [1.29, 1.82) is 0 Å². The van der Waals surface area contributed by atoms with Crippen LogP contribution in [0.1, 0.15) is 35.9 Å². The molecule has 1 aromatic heterocycles. The van der Waals surface area contributed by atoms with E-state index in [-0.39, 0.29) is 5.91 Å². The van der Waals surface area contributed by atoms with Crippen molar-refractivity contribution in [2.24, 2.45) is 0 Å². The monoisotopic (exact) mass is 372 g/mol. The third-order valence-corrected chi connectivity index (χ3v) is 5.51. The summed E-state index contributed by atoms with van der Waals surface area (Å²) in [4.78, 5) is 28.3. The van der Waals surface area contributed by atoms with Crippen LogP contribution in [0.15, 0.2) is 36.4 Å². The molecule has 1 N–H and O–H groups in total. The summed E-state index contributed by atoms with van der Waals surface area (Å²) in [6.45, 7) is 4.35. The second-order valence-corrected chi connectivity index (χ2v) is 7.38. The zero-order valence-corrected chi connectivity index (χ0v) is 15.8. The van der Waals surface area contributed by atoms with E-state index >= 15 is 0 Å². The SMILES string of the molecule is CCOC(=O)c1sc(-c2ccccc2)cc1NC(=O)CN1CCCCC1. The Labute approximate surface area is 158 Å². The minimum Gasteiger partial charge on any atom is -0.462 e. The van der Waals surface area contributed by atoms with E-state index in [1.165, 1.54) is 17.8 Å². The third-order valence-electron chi connectivity index (χ3n) is 4.34. The lowest BCUT2D eigenvalue weighted by atomic mass is 10.1. The minimum absolute atomic E-state index is 0.0881. The molecule has 2 aromatic rings. The molecule has 0 atom stereocenters. The molecule has 26 heavy (non-hydrogen) atoms. The van der Waals surface area contributed by atoms with Crippen LogP contribution in [0.25, 0.3) is 10.4 Å². The topological polar surface area (TPSA) is 58.6 Å². The summed E-state index contributed by atoms with van der Waals surface area (Å²) in [6, 6.07) is 11.7. The van der Waals surface area contributed by atoms with Crippen LogP contribution in [0.4, 0.5) is 5.69 Å². The number of rotatable bonds is 6. The highest BCUT2D eigenvalue weighted by atomic mass is 32.1. The summed E-state index contributed by atoms with van der Waals surface area (Å²) in [6.07, 6.45) is 3.51. The number of carbonyl (C=O) groups excluding carboxylic acids is 2. The van der Waals surface area contributed by atoms with Gasteiger partial charge in [0.1, 0.15) is 4.88 Å². The fourth-order valence-electron chi connectivity index (χ4n) is 3.09. The molecular weight excluding hydrogens is 348 g/mol. The number of hydrogen-bond donors (Lipinski definition) is 1. The van der Waals surface area contributed by atoms with Crippen LogP contribution >= 0.6 is 11.3 Å². The number of likely N-dealkylation sites (tertiary alicyclic amines) is 1. The van der Waals surface area contributed by atoms with Gasteiger partial charge in [-0.1, -0.05) is 36.8 Å². The van der Waals surface area contributed by atoms with Gasteiger partial charge in [0, 0.05) is 4.88 Å². The Morgan fingerprint density at radius 1 is 1.15 bits per heavy atom. The summed E-state index contributed by atoms with van der Waals surface area (Å²) in [5, 5.41) is 2.92. The molecule has 6 heteroatoms. The second-order valence-electron chi connectivity index (χ2n) is 6.32. The predicted octanol–water partition coefficient (Wildman–Crippen LogP) is 4.02. The maximum atomic E-state index is 12.5. The molecule has 1 fully saturated rings. The lowest BCUT2D eigenvalue weighted by Crippen LogP contribution is -2.36. The van der Waals surface area contributed by atoms with Gasteiger partial charge in [-0.15, -0.1) is 11.3 Å². The van der Waals surface area contributed by atoms with E-state index < -0.39 is 5.97 Å². The standard InChI is InChI=1S/C20H24N2O3S/c1-2-25-20(24)19-16(13-17(26-19)15-9-5-3-6-10-15)21-18(23)14-22-11-7-4-8-12-22/h3,5-6,9-10,13H,2,4,7-8,11-12,14H2,1H3,(H,21,23). The fourth-order valence-corrected chi connectivity index (χ4v) is 4.10. The van der Waals surface area contributed by atoms with Gasteiger partial charge in [0.05, 0.1) is 18.8 Å². The maximum Gasteiger partial charge on any atom is 0.350 e. The van der Waals surface area contributed by atoms with Crippen molar-refractivity contribution in [2.75, 3.05) is 31.6 Å². The number of benzene rings is 1. The Kier molecular flexibility index (Phi) is 6.41. The molecule has 5 nitrogen and oxygen atoms in total. The lowest BCUT2D eigenvalue weighted by molar-refractivity contribution is -0.117. The number of hydrogen-bond acceptors (Lipinski definition) is 5. The number of amides is 1. The van der Waals surface area contributed by atoms with Gasteiger partial charge in [0.25, 0.3) is 0 Å². The van der Waals surface area contributed by atoms with Crippen molar-refractivity contribution in [3.8, 4) is 10.4 Å². The summed E-state index contributed by atoms with van der Waals surface area (Å²) < 4.78 is 5.16. The molecular formula is C20H24N2O3S. The van der Waals surface area contributed by atoms with E-state index in [4.69, 9.17) is 4.74 Å². The van der Waals surface area contributed by atoms with E-state index in [9.17, 15) is 9.59 Å². The first-order valence-corrected chi connectivity index (χ1v) is 9.87. The number of ether oxygens (including phenoxy) is 1. The van der Waals surface area contributed by atoms with Gasteiger partial charge in [-0.05, 0) is 44.5 Å². The van der Waals surface area contributed by atoms with Gasteiger partial charge >= 0.3 is 5.97 Å². The Morgan fingerprint density at radius 2 is 1.88 bits per heavy atom. The number of esters is 1. The van der Waals surface area contributed by atoms with Gasteiger partial charge < -0.3 is 10.1 Å². The first-order chi connectivity index (χ1) is 12.7. The van der Waals surface area contributed by atoms with Crippen molar-refractivity contribution in [3.05, 3.63) is 41.3 Å².